The molecule has 0 unspecified atom stereocenters. The fourth-order valence-corrected chi connectivity index (χ4v) is 11.0. The number of likely N-dealkylation sites (N-methyl/N-ethyl adjacent to an activating group) is 1. The number of hydrogen-bond donors (Lipinski definition) is 1. The van der Waals surface area contributed by atoms with Crippen LogP contribution in [-0.4, -0.2) is 97.8 Å². The van der Waals surface area contributed by atoms with Crippen LogP contribution in [-0.2, 0) is 10.3 Å². The van der Waals surface area contributed by atoms with Crippen molar-refractivity contribution in [2.24, 2.45) is 0 Å². The first-order valence-electron chi connectivity index (χ1n) is 23.4. The van der Waals surface area contributed by atoms with Crippen LogP contribution >= 0.6 is 0 Å². The number of carbonyl (C=O) groups is 1. The van der Waals surface area contributed by atoms with Gasteiger partial charge in [-0.15, -0.1) is 0 Å². The number of likely N-dealkylation sites (tertiary alicyclic amines) is 2. The quantitative estimate of drug-likeness (QED) is 0.134. The van der Waals surface area contributed by atoms with E-state index in [1.807, 2.05) is 91.1 Å². The Bertz CT molecular complexity index is 2870. The highest BCUT2D eigenvalue weighted by atomic mass is 19.1. The number of fused-ring (bicyclic) bond motifs is 4. The first kappa shape index (κ1) is 42.1. The number of piperazine rings is 1. The second-order valence-corrected chi connectivity index (χ2v) is 19.8. The van der Waals surface area contributed by atoms with Gasteiger partial charge in [0, 0.05) is 53.3 Å². The average Bonchev–Trinajstić information content (AvgIpc) is 3.55. The Kier molecular flexibility index (Phi) is 10.3. The van der Waals surface area contributed by atoms with Crippen molar-refractivity contribution in [1.82, 2.24) is 29.5 Å². The molecule has 4 fully saturated rings. The van der Waals surface area contributed by atoms with Gasteiger partial charge in [0.05, 0.1) is 17.6 Å². The molecule has 66 heavy (non-hydrogen) atoms. The zero-order valence-electron chi connectivity index (χ0n) is 38.2. The summed E-state index contributed by atoms with van der Waals surface area (Å²) in [4.78, 5) is 29.9. The molecule has 1 saturated carbocycles. The fraction of sp³-hybridized carbons (Fsp3) is 0.370. The molecule has 3 atom stereocenters. The van der Waals surface area contributed by atoms with E-state index >= 15 is 4.39 Å². The third kappa shape index (κ3) is 7.12. The number of hydrogen-bond acceptors (Lipinski definition) is 9. The van der Waals surface area contributed by atoms with E-state index in [1.165, 1.54) is 6.07 Å². The maximum Gasteiger partial charge on any atom is 0.410 e. The molecule has 11 rings (SSSR count). The molecule has 1 amide bonds. The molecule has 3 saturated heterocycles. The van der Waals surface area contributed by atoms with Gasteiger partial charge in [-0.25, -0.2) is 9.18 Å². The van der Waals surface area contributed by atoms with Crippen LogP contribution in [0, 0.1) is 12.7 Å². The summed E-state index contributed by atoms with van der Waals surface area (Å²) < 4.78 is 31.0. The second-order valence-electron chi connectivity index (χ2n) is 19.8. The largest absolute Gasteiger partial charge is 0.505 e. The lowest BCUT2D eigenvalue weighted by molar-refractivity contribution is 0.0214. The molecule has 11 nitrogen and oxygen atoms in total. The van der Waals surface area contributed by atoms with Crippen LogP contribution in [0.5, 0.6) is 11.8 Å². The van der Waals surface area contributed by atoms with E-state index in [-0.39, 0.29) is 41.9 Å². The molecule has 5 heterocycles. The number of nitrogens with zero attached hydrogens (tertiary/aromatic N) is 7. The Balaban J connectivity index is 1.11. The minimum Gasteiger partial charge on any atom is -0.505 e. The number of carbonyl (C=O) groups excluding carboxylic acids is 1. The monoisotopic (exact) mass is 885 g/mol. The van der Waals surface area contributed by atoms with E-state index in [9.17, 15) is 9.90 Å². The number of benzene rings is 5. The molecule has 4 aliphatic rings. The Morgan fingerprint density at radius 3 is 2.05 bits per heavy atom. The van der Waals surface area contributed by atoms with Gasteiger partial charge in [-0.1, -0.05) is 91.0 Å². The van der Waals surface area contributed by atoms with Crippen molar-refractivity contribution < 1.29 is 23.8 Å². The number of ether oxygens (including phenoxy) is 2. The van der Waals surface area contributed by atoms with Crippen LogP contribution < -0.4 is 9.64 Å². The van der Waals surface area contributed by atoms with Crippen molar-refractivity contribution in [2.45, 2.75) is 95.0 Å². The Labute approximate surface area is 384 Å². The highest BCUT2D eigenvalue weighted by molar-refractivity contribution is 6.06. The van der Waals surface area contributed by atoms with E-state index < -0.39 is 17.0 Å². The average molecular weight is 886 g/mol. The van der Waals surface area contributed by atoms with Gasteiger partial charge in [0.2, 0.25) is 0 Å². The number of phenolic OH excluding ortho intramolecular Hbond substituents is 1. The summed E-state index contributed by atoms with van der Waals surface area (Å²) >= 11 is 0. The summed E-state index contributed by atoms with van der Waals surface area (Å²) in [7, 11) is 2.11. The van der Waals surface area contributed by atoms with Crippen molar-refractivity contribution in [3.8, 4) is 22.9 Å². The third-order valence-corrected chi connectivity index (χ3v) is 14.4. The topological polar surface area (TPSA) is 109 Å². The molecule has 12 heteroatoms. The van der Waals surface area contributed by atoms with Gasteiger partial charge in [0.25, 0.3) is 0 Å². The van der Waals surface area contributed by atoms with Crippen molar-refractivity contribution in [2.75, 3.05) is 38.2 Å². The standard InChI is InChI=1S/C54H56FN7O4/c1-33-44(55)28-45-43(31-62(58-45)54(35-16-9-6-10-17-35,36-18-11-7-12-19-36)37-20-13-8-14-21-37)46(33)47-41(34-23-24-34)27-42-48(49(47)63)56-51(65-32-38-22-15-25-59(38)5)57-50(42)60-29-40-26-39(60)30-61(40)52(64)66-53(2,3)4/h6-14,16-21,27-28,31,34,38-40,63H,15,22-26,29-30,32H2,1-5H3/t38-,39-,40-/m0/s1. The number of anilines is 1. The van der Waals surface area contributed by atoms with Gasteiger partial charge < -0.3 is 29.3 Å². The first-order valence-corrected chi connectivity index (χ1v) is 23.4. The van der Waals surface area contributed by atoms with E-state index in [2.05, 4.69) is 59.3 Å². The summed E-state index contributed by atoms with van der Waals surface area (Å²) in [6.07, 6.45) is 6.45. The molecule has 0 spiro atoms. The van der Waals surface area contributed by atoms with Crippen LogP contribution in [0.3, 0.4) is 0 Å². The van der Waals surface area contributed by atoms with E-state index in [1.54, 1.807) is 6.92 Å². The van der Waals surface area contributed by atoms with Crippen molar-refractivity contribution in [3.05, 3.63) is 143 Å². The minimum absolute atomic E-state index is 0.0179. The summed E-state index contributed by atoms with van der Waals surface area (Å²) in [6, 6.07) is 34.9. The second kappa shape index (κ2) is 16.1. The highest BCUT2D eigenvalue weighted by Gasteiger charge is 2.48. The van der Waals surface area contributed by atoms with E-state index in [4.69, 9.17) is 24.5 Å². The molecule has 7 aromatic rings. The predicted octanol–water partition coefficient (Wildman–Crippen LogP) is 10.2. The molecule has 338 valence electrons. The van der Waals surface area contributed by atoms with Gasteiger partial charge in [-0.05, 0) is 113 Å². The van der Waals surface area contributed by atoms with Crippen LogP contribution in [0.25, 0.3) is 32.9 Å². The Morgan fingerprint density at radius 2 is 1.48 bits per heavy atom. The van der Waals surface area contributed by atoms with Crippen molar-refractivity contribution in [1.29, 1.82) is 0 Å². The molecule has 0 radical (unpaired) electrons. The van der Waals surface area contributed by atoms with Crippen molar-refractivity contribution in [3.63, 3.8) is 0 Å². The minimum atomic E-state index is -0.939. The number of aromatic nitrogens is 4. The van der Waals surface area contributed by atoms with Gasteiger partial charge in [0.1, 0.15) is 40.6 Å². The van der Waals surface area contributed by atoms with Gasteiger partial charge >= 0.3 is 12.1 Å². The highest BCUT2D eigenvalue weighted by Crippen LogP contribution is 2.54. The summed E-state index contributed by atoms with van der Waals surface area (Å²) in [5, 5.41) is 19.7. The predicted molar refractivity (Wildman–Crippen MR) is 255 cm³/mol. The molecule has 1 aliphatic carbocycles. The van der Waals surface area contributed by atoms with Gasteiger partial charge in [0.15, 0.2) is 0 Å². The molecule has 3 aliphatic heterocycles. The molecular weight excluding hydrogens is 830 g/mol. The maximum atomic E-state index is 16.7. The smallest absolute Gasteiger partial charge is 0.410 e. The summed E-state index contributed by atoms with van der Waals surface area (Å²) in [6.45, 7) is 9.90. The molecule has 5 aromatic carbocycles. The SMILES string of the molecule is Cc1c(F)cc2nn(C(c3ccccc3)(c3ccccc3)c3ccccc3)cc2c1-c1c(C2CC2)cc2c(N3C[C@@H]4C[C@H]3CN4C(=O)OC(C)(C)C)nc(OC[C@@H]3CCCN3C)nc2c1O. The lowest BCUT2D eigenvalue weighted by atomic mass is 9.77. The van der Waals surface area contributed by atoms with Gasteiger partial charge in [-0.2, -0.15) is 15.1 Å². The van der Waals surface area contributed by atoms with Crippen molar-refractivity contribution >= 4 is 33.7 Å². The van der Waals surface area contributed by atoms with Crippen LogP contribution in [0.15, 0.2) is 109 Å². The third-order valence-electron chi connectivity index (χ3n) is 14.4. The fourth-order valence-electron chi connectivity index (χ4n) is 11.0. The lowest BCUT2D eigenvalue weighted by Gasteiger charge is -2.36. The summed E-state index contributed by atoms with van der Waals surface area (Å²) in [5.41, 5.74) is 4.73. The number of halogens is 1. The van der Waals surface area contributed by atoms with Crippen LogP contribution in [0.4, 0.5) is 15.0 Å². The molecule has 2 bridgehead atoms. The molecule has 2 aromatic heterocycles. The first-order chi connectivity index (χ1) is 31.9. The molecular formula is C54H56FN7O4. The van der Waals surface area contributed by atoms with Gasteiger partial charge in [-0.3, -0.25) is 4.68 Å². The Morgan fingerprint density at radius 1 is 0.833 bits per heavy atom. The molecule has 1 N–H and O–H groups in total. The normalized spacial score (nSPS) is 19.9. The Hall–Kier alpha value is -6.53. The zero-order chi connectivity index (χ0) is 45.5. The number of amides is 1. The lowest BCUT2D eigenvalue weighted by Crippen LogP contribution is -2.50. The van der Waals surface area contributed by atoms with Crippen LogP contribution in [0.1, 0.15) is 86.6 Å². The maximum absolute atomic E-state index is 16.7. The van der Waals surface area contributed by atoms with Crippen LogP contribution in [0.2, 0.25) is 0 Å². The number of phenols is 1. The van der Waals surface area contributed by atoms with E-state index in [0.717, 1.165) is 60.9 Å². The zero-order valence-corrected chi connectivity index (χ0v) is 38.2. The summed E-state index contributed by atoms with van der Waals surface area (Å²) in [5.74, 6) is 0.356. The number of rotatable bonds is 10. The van der Waals surface area contributed by atoms with E-state index in [0.29, 0.717) is 64.0 Å². The number of aromatic hydroxyl groups is 1.